The summed E-state index contributed by atoms with van der Waals surface area (Å²) in [6, 6.07) is 6.66. The van der Waals surface area contributed by atoms with Gasteiger partial charge in [0.05, 0.1) is 11.8 Å². The highest BCUT2D eigenvalue weighted by Crippen LogP contribution is 2.32. The van der Waals surface area contributed by atoms with Crippen molar-refractivity contribution in [1.29, 1.82) is 0 Å². The number of rotatable bonds is 8. The summed E-state index contributed by atoms with van der Waals surface area (Å²) in [5.74, 6) is 1.03. The molecule has 1 fully saturated rings. The van der Waals surface area contributed by atoms with Gasteiger partial charge in [-0.1, -0.05) is 6.07 Å². The molecule has 4 heteroatoms. The zero-order valence-corrected chi connectivity index (χ0v) is 14.6. The maximum Gasteiger partial charge on any atom is 0.143 e. The molecule has 1 aromatic rings. The van der Waals surface area contributed by atoms with Crippen molar-refractivity contribution in [3.8, 4) is 5.75 Å². The molecule has 4 nitrogen and oxygen atoms in total. The summed E-state index contributed by atoms with van der Waals surface area (Å²) >= 11 is 0. The fourth-order valence-electron chi connectivity index (χ4n) is 2.77. The van der Waals surface area contributed by atoms with Gasteiger partial charge in [0.2, 0.25) is 0 Å². The van der Waals surface area contributed by atoms with E-state index in [2.05, 4.69) is 61.3 Å². The summed E-state index contributed by atoms with van der Waals surface area (Å²) in [6.45, 7) is 9.43. The van der Waals surface area contributed by atoms with Gasteiger partial charge in [-0.25, -0.2) is 0 Å². The fourth-order valence-corrected chi connectivity index (χ4v) is 2.77. The Kier molecular flexibility index (Phi) is 6.52. The quantitative estimate of drug-likeness (QED) is 0.748. The van der Waals surface area contributed by atoms with E-state index < -0.39 is 0 Å². The SMILES string of the molecule is CC(C)Oc1cc(CNCCN(C)C)ccc1N1CCCC1. The van der Waals surface area contributed by atoms with Crippen molar-refractivity contribution in [2.75, 3.05) is 45.2 Å². The first-order valence-corrected chi connectivity index (χ1v) is 8.46. The molecule has 124 valence electrons. The average molecular weight is 305 g/mol. The third-order valence-corrected chi connectivity index (χ3v) is 3.90. The van der Waals surface area contributed by atoms with Crippen LogP contribution in [0, 0.1) is 0 Å². The molecule has 0 radical (unpaired) electrons. The number of nitrogens with one attached hydrogen (secondary N) is 1. The van der Waals surface area contributed by atoms with E-state index in [9.17, 15) is 0 Å². The summed E-state index contributed by atoms with van der Waals surface area (Å²) in [6.07, 6.45) is 2.78. The zero-order chi connectivity index (χ0) is 15.9. The summed E-state index contributed by atoms with van der Waals surface area (Å²) in [5.41, 5.74) is 2.54. The molecule has 1 saturated heterocycles. The topological polar surface area (TPSA) is 27.7 Å². The molecule has 0 bridgehead atoms. The molecule has 1 heterocycles. The lowest BCUT2D eigenvalue weighted by Gasteiger charge is -2.23. The molecule has 1 aromatic carbocycles. The Balaban J connectivity index is 2.02. The first-order chi connectivity index (χ1) is 10.6. The van der Waals surface area contributed by atoms with Gasteiger partial charge in [-0.05, 0) is 58.5 Å². The highest BCUT2D eigenvalue weighted by Gasteiger charge is 2.17. The van der Waals surface area contributed by atoms with Crippen LogP contribution in [-0.4, -0.2) is 51.3 Å². The smallest absolute Gasteiger partial charge is 0.143 e. The van der Waals surface area contributed by atoms with Crippen LogP contribution in [0.15, 0.2) is 18.2 Å². The monoisotopic (exact) mass is 305 g/mol. The van der Waals surface area contributed by atoms with Gasteiger partial charge in [-0.15, -0.1) is 0 Å². The van der Waals surface area contributed by atoms with E-state index >= 15 is 0 Å². The van der Waals surface area contributed by atoms with Crippen molar-refractivity contribution in [3.63, 3.8) is 0 Å². The zero-order valence-electron chi connectivity index (χ0n) is 14.6. The minimum atomic E-state index is 0.207. The Labute approximate surface area is 135 Å². The number of hydrogen-bond donors (Lipinski definition) is 1. The first kappa shape index (κ1) is 17.1. The first-order valence-electron chi connectivity index (χ1n) is 8.46. The molecule has 0 unspecified atom stereocenters. The molecule has 0 aromatic heterocycles. The van der Waals surface area contributed by atoms with Crippen LogP contribution in [0.1, 0.15) is 32.3 Å². The van der Waals surface area contributed by atoms with Crippen molar-refractivity contribution in [2.45, 2.75) is 39.3 Å². The predicted molar refractivity (Wildman–Crippen MR) is 93.9 cm³/mol. The van der Waals surface area contributed by atoms with E-state index in [4.69, 9.17) is 4.74 Å². The predicted octanol–water partition coefficient (Wildman–Crippen LogP) is 2.73. The van der Waals surface area contributed by atoms with E-state index in [0.29, 0.717) is 0 Å². The van der Waals surface area contributed by atoms with Crippen LogP contribution in [0.2, 0.25) is 0 Å². The van der Waals surface area contributed by atoms with Crippen LogP contribution in [0.4, 0.5) is 5.69 Å². The Morgan fingerprint density at radius 1 is 1.23 bits per heavy atom. The number of nitrogens with zero attached hydrogens (tertiary/aromatic N) is 2. The molecule has 0 aliphatic carbocycles. The fraction of sp³-hybridized carbons (Fsp3) is 0.667. The van der Waals surface area contributed by atoms with Crippen molar-refractivity contribution < 1.29 is 4.74 Å². The van der Waals surface area contributed by atoms with Gasteiger partial charge in [-0.3, -0.25) is 0 Å². The second-order valence-corrected chi connectivity index (χ2v) is 6.64. The lowest BCUT2D eigenvalue weighted by Crippen LogP contribution is -2.26. The van der Waals surface area contributed by atoms with Crippen LogP contribution in [-0.2, 0) is 6.54 Å². The summed E-state index contributed by atoms with van der Waals surface area (Å²) in [7, 11) is 4.20. The van der Waals surface area contributed by atoms with Crippen LogP contribution < -0.4 is 15.0 Å². The standard InChI is InChI=1S/C18H31N3O/c1-15(2)22-18-13-16(14-19-9-12-20(3)4)7-8-17(18)21-10-5-6-11-21/h7-8,13,15,19H,5-6,9-12,14H2,1-4H3. The minimum absolute atomic E-state index is 0.207. The van der Waals surface area contributed by atoms with Gasteiger partial charge < -0.3 is 19.9 Å². The molecule has 1 N–H and O–H groups in total. The molecule has 22 heavy (non-hydrogen) atoms. The Hall–Kier alpha value is -1.26. The van der Waals surface area contributed by atoms with Crippen LogP contribution in [0.3, 0.4) is 0 Å². The summed E-state index contributed by atoms with van der Waals surface area (Å²) in [5, 5.41) is 3.49. The Morgan fingerprint density at radius 2 is 1.95 bits per heavy atom. The van der Waals surface area contributed by atoms with E-state index in [1.807, 2.05) is 0 Å². The van der Waals surface area contributed by atoms with Gasteiger partial charge >= 0.3 is 0 Å². The normalized spacial score (nSPS) is 15.1. The van der Waals surface area contributed by atoms with Crippen molar-refractivity contribution >= 4 is 5.69 Å². The van der Waals surface area contributed by atoms with E-state index in [-0.39, 0.29) is 6.10 Å². The second kappa shape index (κ2) is 8.39. The maximum absolute atomic E-state index is 6.07. The van der Waals surface area contributed by atoms with Crippen LogP contribution in [0.5, 0.6) is 5.75 Å². The molecular formula is C18H31N3O. The molecule has 1 aliphatic rings. The van der Waals surface area contributed by atoms with Crippen molar-refractivity contribution in [1.82, 2.24) is 10.2 Å². The molecule has 1 aliphatic heterocycles. The molecular weight excluding hydrogens is 274 g/mol. The van der Waals surface area contributed by atoms with Crippen LogP contribution in [0.25, 0.3) is 0 Å². The summed E-state index contributed by atoms with van der Waals surface area (Å²) < 4.78 is 6.07. The van der Waals surface area contributed by atoms with Gasteiger partial charge in [0.15, 0.2) is 0 Å². The van der Waals surface area contributed by atoms with Gasteiger partial charge in [0, 0.05) is 32.7 Å². The van der Waals surface area contributed by atoms with Gasteiger partial charge in [-0.2, -0.15) is 0 Å². The van der Waals surface area contributed by atoms with Gasteiger partial charge in [0.1, 0.15) is 5.75 Å². The van der Waals surface area contributed by atoms with E-state index in [1.54, 1.807) is 0 Å². The highest BCUT2D eigenvalue weighted by atomic mass is 16.5. The molecule has 0 atom stereocenters. The summed E-state index contributed by atoms with van der Waals surface area (Å²) in [4.78, 5) is 4.64. The van der Waals surface area contributed by atoms with Gasteiger partial charge in [0.25, 0.3) is 0 Å². The lowest BCUT2D eigenvalue weighted by molar-refractivity contribution is 0.242. The number of benzene rings is 1. The third kappa shape index (κ3) is 5.18. The number of likely N-dealkylation sites (N-methyl/N-ethyl adjacent to an activating group) is 1. The Bertz CT molecular complexity index is 454. The van der Waals surface area contributed by atoms with E-state index in [0.717, 1.165) is 38.5 Å². The third-order valence-electron chi connectivity index (χ3n) is 3.90. The lowest BCUT2D eigenvalue weighted by atomic mass is 10.1. The molecule has 0 spiro atoms. The maximum atomic E-state index is 6.07. The van der Waals surface area contributed by atoms with Crippen LogP contribution >= 0.6 is 0 Å². The van der Waals surface area contributed by atoms with E-state index in [1.165, 1.54) is 24.1 Å². The second-order valence-electron chi connectivity index (χ2n) is 6.64. The van der Waals surface area contributed by atoms with Crippen molar-refractivity contribution in [3.05, 3.63) is 23.8 Å². The van der Waals surface area contributed by atoms with Crippen molar-refractivity contribution in [2.24, 2.45) is 0 Å². The molecule has 2 rings (SSSR count). The minimum Gasteiger partial charge on any atom is -0.489 e. The highest BCUT2D eigenvalue weighted by molar-refractivity contribution is 5.60. The number of ether oxygens (including phenoxy) is 1. The molecule has 0 saturated carbocycles. The number of hydrogen-bond acceptors (Lipinski definition) is 4. The Morgan fingerprint density at radius 3 is 2.59 bits per heavy atom. The average Bonchev–Trinajstić information content (AvgIpc) is 2.97. The number of anilines is 1. The molecule has 0 amide bonds. The largest absolute Gasteiger partial charge is 0.489 e.